The molecule has 0 fully saturated rings. The fourth-order valence-electron chi connectivity index (χ4n) is 2.66. The monoisotopic (exact) mass is 361 g/mol. The summed E-state index contributed by atoms with van der Waals surface area (Å²) in [5.41, 5.74) is 2.95. The number of fused-ring (bicyclic) bond motifs is 1. The van der Waals surface area contributed by atoms with Gasteiger partial charge >= 0.3 is 0 Å². The molecule has 3 aromatic rings. The number of hydrogen-bond donors (Lipinski definition) is 1. The van der Waals surface area contributed by atoms with E-state index in [9.17, 15) is 4.79 Å². The predicted molar refractivity (Wildman–Crippen MR) is 97.7 cm³/mol. The summed E-state index contributed by atoms with van der Waals surface area (Å²) in [7, 11) is 0. The number of nitrogens with zero attached hydrogens (tertiary/aromatic N) is 2. The maximum atomic E-state index is 11.1. The maximum absolute atomic E-state index is 11.1. The summed E-state index contributed by atoms with van der Waals surface area (Å²) >= 11 is 12.3. The van der Waals surface area contributed by atoms with Crippen molar-refractivity contribution < 1.29 is 4.79 Å². The number of hydrogen-bond acceptors (Lipinski definition) is 2. The molecule has 0 saturated heterocycles. The average molecular weight is 362 g/mol. The van der Waals surface area contributed by atoms with Crippen molar-refractivity contribution in [3.8, 4) is 0 Å². The van der Waals surface area contributed by atoms with Crippen LogP contribution in [0, 0.1) is 0 Å². The molecule has 0 aliphatic carbocycles. The lowest BCUT2D eigenvalue weighted by Gasteiger charge is -2.11. The van der Waals surface area contributed by atoms with Crippen molar-refractivity contribution in [1.82, 2.24) is 14.9 Å². The summed E-state index contributed by atoms with van der Waals surface area (Å²) in [5.74, 6) is 0.870. The zero-order valence-corrected chi connectivity index (χ0v) is 14.7. The molecule has 6 heteroatoms. The number of carbonyl (C=O) groups excluding carboxylic acids is 1. The summed E-state index contributed by atoms with van der Waals surface area (Å²) in [6, 6.07) is 13.5. The van der Waals surface area contributed by atoms with E-state index in [2.05, 4.69) is 9.88 Å². The quantitative estimate of drug-likeness (QED) is 0.744. The van der Waals surface area contributed by atoms with Crippen molar-refractivity contribution in [1.29, 1.82) is 0 Å². The second-order valence-electron chi connectivity index (χ2n) is 5.57. The third kappa shape index (κ3) is 3.71. The third-order valence-electron chi connectivity index (χ3n) is 3.80. The third-order valence-corrected chi connectivity index (χ3v) is 4.39. The van der Waals surface area contributed by atoms with Gasteiger partial charge in [0.2, 0.25) is 5.91 Å². The van der Waals surface area contributed by atoms with Gasteiger partial charge in [-0.3, -0.25) is 4.79 Å². The number of benzene rings is 2. The number of nitrogens with one attached hydrogen (secondary N) is 1. The molecule has 1 heterocycles. The molecule has 0 spiro atoms. The largest absolute Gasteiger partial charge is 0.356 e. The zero-order valence-electron chi connectivity index (χ0n) is 13.2. The van der Waals surface area contributed by atoms with E-state index in [0.29, 0.717) is 29.6 Å². The van der Waals surface area contributed by atoms with Gasteiger partial charge in [-0.15, -0.1) is 0 Å². The highest BCUT2D eigenvalue weighted by Crippen LogP contribution is 2.24. The number of amides is 1. The van der Waals surface area contributed by atoms with Crippen LogP contribution in [0.2, 0.25) is 10.0 Å². The molecular formula is C18H17Cl2N3O. The van der Waals surface area contributed by atoms with Crippen LogP contribution in [-0.2, 0) is 17.8 Å². The van der Waals surface area contributed by atoms with E-state index < -0.39 is 0 Å². The van der Waals surface area contributed by atoms with Crippen molar-refractivity contribution in [2.45, 2.75) is 19.9 Å². The number of carbonyl (C=O) groups is 1. The van der Waals surface area contributed by atoms with E-state index >= 15 is 0 Å². The highest BCUT2D eigenvalue weighted by Gasteiger charge is 2.12. The van der Waals surface area contributed by atoms with Crippen LogP contribution in [0.3, 0.4) is 0 Å². The molecule has 1 amide bonds. The molecule has 0 unspecified atom stereocenters. The Hall–Kier alpha value is -2.04. The minimum Gasteiger partial charge on any atom is -0.356 e. The molecule has 0 saturated carbocycles. The average Bonchev–Trinajstić information content (AvgIpc) is 2.87. The SMILES string of the molecule is CC(=O)NCCc1nc2ccccc2n1Cc1ccc(Cl)cc1Cl. The summed E-state index contributed by atoms with van der Waals surface area (Å²) in [6.45, 7) is 2.66. The topological polar surface area (TPSA) is 46.9 Å². The Morgan fingerprint density at radius 3 is 2.75 bits per heavy atom. The lowest BCUT2D eigenvalue weighted by Crippen LogP contribution is -2.23. The van der Waals surface area contributed by atoms with Gasteiger partial charge in [-0.1, -0.05) is 41.4 Å². The molecule has 0 bridgehead atoms. The minimum absolute atomic E-state index is 0.0431. The number of imidazole rings is 1. The molecule has 0 radical (unpaired) electrons. The second-order valence-corrected chi connectivity index (χ2v) is 6.42. The molecule has 4 nitrogen and oxygen atoms in total. The molecule has 3 rings (SSSR count). The van der Waals surface area contributed by atoms with Crippen molar-refractivity contribution in [3.63, 3.8) is 0 Å². The molecule has 0 atom stereocenters. The van der Waals surface area contributed by atoms with Crippen molar-refractivity contribution in [2.75, 3.05) is 6.54 Å². The summed E-state index contributed by atoms with van der Waals surface area (Å²) in [6.07, 6.45) is 0.652. The number of para-hydroxylation sites is 2. The van der Waals surface area contributed by atoms with E-state index in [1.807, 2.05) is 36.4 Å². The van der Waals surface area contributed by atoms with Crippen molar-refractivity contribution in [2.24, 2.45) is 0 Å². The molecule has 124 valence electrons. The fraction of sp³-hybridized carbons (Fsp3) is 0.222. The lowest BCUT2D eigenvalue weighted by atomic mass is 10.2. The second kappa shape index (κ2) is 7.24. The first-order valence-corrected chi connectivity index (χ1v) is 8.42. The van der Waals surface area contributed by atoms with Gasteiger partial charge in [-0.25, -0.2) is 4.98 Å². The molecule has 24 heavy (non-hydrogen) atoms. The van der Waals surface area contributed by atoms with Gasteiger partial charge in [-0.2, -0.15) is 0 Å². The van der Waals surface area contributed by atoms with Gasteiger partial charge in [0.25, 0.3) is 0 Å². The Bertz CT molecular complexity index is 889. The van der Waals surface area contributed by atoms with E-state index in [-0.39, 0.29) is 5.91 Å². The van der Waals surface area contributed by atoms with Crippen LogP contribution in [0.4, 0.5) is 0 Å². The van der Waals surface area contributed by atoms with E-state index in [1.54, 1.807) is 6.07 Å². The van der Waals surface area contributed by atoms with Gasteiger partial charge in [-0.05, 0) is 29.8 Å². The summed E-state index contributed by atoms with van der Waals surface area (Å²) in [4.78, 5) is 15.8. The van der Waals surface area contributed by atoms with Crippen molar-refractivity contribution in [3.05, 3.63) is 63.9 Å². The van der Waals surface area contributed by atoms with Crippen LogP contribution < -0.4 is 5.32 Å². The first kappa shape index (κ1) is 16.8. The maximum Gasteiger partial charge on any atom is 0.216 e. The number of aromatic nitrogens is 2. The van der Waals surface area contributed by atoms with Crippen LogP contribution in [0.15, 0.2) is 42.5 Å². The molecule has 1 N–H and O–H groups in total. The van der Waals surface area contributed by atoms with Crippen LogP contribution in [0.1, 0.15) is 18.3 Å². The highest BCUT2D eigenvalue weighted by molar-refractivity contribution is 6.35. The zero-order chi connectivity index (χ0) is 17.1. The normalized spacial score (nSPS) is 11.0. The fourth-order valence-corrected chi connectivity index (χ4v) is 3.13. The van der Waals surface area contributed by atoms with Gasteiger partial charge in [0.1, 0.15) is 5.82 Å². The molecule has 2 aromatic carbocycles. The molecule has 0 aliphatic heterocycles. The van der Waals surface area contributed by atoms with Gasteiger partial charge in [0.05, 0.1) is 17.6 Å². The van der Waals surface area contributed by atoms with Crippen LogP contribution >= 0.6 is 23.2 Å². The van der Waals surface area contributed by atoms with Gasteiger partial charge in [0.15, 0.2) is 0 Å². The predicted octanol–water partition coefficient (Wildman–Crippen LogP) is 4.07. The first-order valence-electron chi connectivity index (χ1n) is 7.67. The van der Waals surface area contributed by atoms with E-state index in [4.69, 9.17) is 28.2 Å². The van der Waals surface area contributed by atoms with Crippen LogP contribution in [0.25, 0.3) is 11.0 Å². The Morgan fingerprint density at radius 2 is 2.00 bits per heavy atom. The summed E-state index contributed by atoms with van der Waals surface area (Å²) < 4.78 is 2.13. The molecule has 1 aromatic heterocycles. The van der Waals surface area contributed by atoms with Crippen LogP contribution in [-0.4, -0.2) is 22.0 Å². The Morgan fingerprint density at radius 1 is 1.21 bits per heavy atom. The Balaban J connectivity index is 1.96. The Labute approximate surface area is 150 Å². The van der Waals surface area contributed by atoms with E-state index in [0.717, 1.165) is 22.4 Å². The number of halogens is 2. The lowest BCUT2D eigenvalue weighted by molar-refractivity contribution is -0.118. The summed E-state index contributed by atoms with van der Waals surface area (Å²) in [5, 5.41) is 4.06. The van der Waals surface area contributed by atoms with Crippen LogP contribution in [0.5, 0.6) is 0 Å². The smallest absolute Gasteiger partial charge is 0.216 e. The minimum atomic E-state index is -0.0431. The van der Waals surface area contributed by atoms with Crippen molar-refractivity contribution >= 4 is 40.1 Å². The van der Waals surface area contributed by atoms with E-state index in [1.165, 1.54) is 6.92 Å². The molecular weight excluding hydrogens is 345 g/mol. The number of rotatable bonds is 5. The first-order chi connectivity index (χ1) is 11.5. The Kier molecular flexibility index (Phi) is 5.07. The molecule has 0 aliphatic rings. The van der Waals surface area contributed by atoms with Gasteiger partial charge < -0.3 is 9.88 Å². The standard InChI is InChI=1S/C18H17Cl2N3O/c1-12(24)21-9-8-18-22-16-4-2-3-5-17(16)23(18)11-13-6-7-14(19)10-15(13)20/h2-7,10H,8-9,11H2,1H3,(H,21,24). The van der Waals surface area contributed by atoms with Gasteiger partial charge in [0, 0.05) is 29.9 Å². The highest BCUT2D eigenvalue weighted by atomic mass is 35.5.